The van der Waals surface area contributed by atoms with Crippen molar-refractivity contribution in [3.05, 3.63) is 35.9 Å². The molecular formula is C19H32O7. The lowest BCUT2D eigenvalue weighted by Gasteiger charge is -2.17. The first kappa shape index (κ1) is 23.0. The van der Waals surface area contributed by atoms with Crippen molar-refractivity contribution in [1.29, 1.82) is 0 Å². The third-order valence-corrected chi connectivity index (χ3v) is 3.28. The van der Waals surface area contributed by atoms with Crippen LogP contribution in [-0.4, -0.2) is 79.4 Å². The summed E-state index contributed by atoms with van der Waals surface area (Å²) in [6, 6.07) is 9.69. The van der Waals surface area contributed by atoms with Crippen LogP contribution in [0.5, 0.6) is 0 Å². The number of benzene rings is 1. The Bertz CT molecular complexity index is 441. The van der Waals surface area contributed by atoms with Crippen molar-refractivity contribution in [2.24, 2.45) is 0 Å². The summed E-state index contributed by atoms with van der Waals surface area (Å²) in [5, 5.41) is 29.1. The second-order valence-corrected chi connectivity index (χ2v) is 6.42. The standard InChI is InChI=1S/C19H32O7/c1-15(2)26-14-19(22)13-25-12-18(21)11-24-10-17(20)9-23-8-16-6-4-3-5-7-16/h3-7,15,17-22H,8-14H2,1-2H3. The van der Waals surface area contributed by atoms with Crippen molar-refractivity contribution in [3.63, 3.8) is 0 Å². The summed E-state index contributed by atoms with van der Waals surface area (Å²) < 4.78 is 21.1. The fourth-order valence-electron chi connectivity index (χ4n) is 2.02. The minimum atomic E-state index is -0.828. The average molecular weight is 372 g/mol. The molecular weight excluding hydrogens is 340 g/mol. The van der Waals surface area contributed by atoms with Crippen molar-refractivity contribution in [3.8, 4) is 0 Å². The number of hydrogen-bond donors (Lipinski definition) is 3. The molecule has 3 atom stereocenters. The van der Waals surface area contributed by atoms with Gasteiger partial charge in [-0.1, -0.05) is 30.3 Å². The number of aliphatic hydroxyl groups is 3. The van der Waals surface area contributed by atoms with E-state index in [1.54, 1.807) is 0 Å². The van der Waals surface area contributed by atoms with Crippen LogP contribution in [0, 0.1) is 0 Å². The molecule has 0 heterocycles. The van der Waals surface area contributed by atoms with Crippen LogP contribution in [0.4, 0.5) is 0 Å². The van der Waals surface area contributed by atoms with E-state index in [4.69, 9.17) is 18.9 Å². The van der Waals surface area contributed by atoms with Crippen LogP contribution in [-0.2, 0) is 25.6 Å². The molecule has 0 aliphatic rings. The Morgan fingerprint density at radius 3 is 1.65 bits per heavy atom. The van der Waals surface area contributed by atoms with Gasteiger partial charge in [-0.2, -0.15) is 0 Å². The van der Waals surface area contributed by atoms with Crippen LogP contribution < -0.4 is 0 Å². The number of ether oxygens (including phenoxy) is 4. The molecule has 3 unspecified atom stereocenters. The Balaban J connectivity index is 1.98. The van der Waals surface area contributed by atoms with Crippen molar-refractivity contribution < 1.29 is 34.3 Å². The molecule has 0 fully saturated rings. The lowest BCUT2D eigenvalue weighted by Crippen LogP contribution is -2.29. The molecule has 7 nitrogen and oxygen atoms in total. The van der Waals surface area contributed by atoms with Gasteiger partial charge in [0.2, 0.25) is 0 Å². The minimum Gasteiger partial charge on any atom is -0.388 e. The van der Waals surface area contributed by atoms with E-state index < -0.39 is 18.3 Å². The maximum Gasteiger partial charge on any atom is 0.101 e. The van der Waals surface area contributed by atoms with Crippen molar-refractivity contribution in [1.82, 2.24) is 0 Å². The zero-order valence-electron chi connectivity index (χ0n) is 15.6. The Kier molecular flexibility index (Phi) is 12.4. The molecule has 0 saturated heterocycles. The first-order valence-electron chi connectivity index (χ1n) is 8.90. The van der Waals surface area contributed by atoms with E-state index in [1.807, 2.05) is 44.2 Å². The van der Waals surface area contributed by atoms with Gasteiger partial charge in [0.1, 0.15) is 18.3 Å². The van der Waals surface area contributed by atoms with E-state index in [1.165, 1.54) is 0 Å². The SMILES string of the molecule is CC(C)OCC(O)COCC(O)COCC(O)COCc1ccccc1. The maximum atomic E-state index is 9.78. The van der Waals surface area contributed by atoms with Gasteiger partial charge in [-0.15, -0.1) is 0 Å². The van der Waals surface area contributed by atoms with Gasteiger partial charge < -0.3 is 34.3 Å². The average Bonchev–Trinajstić information content (AvgIpc) is 2.61. The third kappa shape index (κ3) is 12.3. The van der Waals surface area contributed by atoms with Gasteiger partial charge in [-0.25, -0.2) is 0 Å². The fourth-order valence-corrected chi connectivity index (χ4v) is 2.02. The lowest BCUT2D eigenvalue weighted by atomic mass is 10.2. The normalized spacial score (nSPS) is 15.2. The van der Waals surface area contributed by atoms with Gasteiger partial charge in [-0.05, 0) is 19.4 Å². The monoisotopic (exact) mass is 372 g/mol. The first-order valence-corrected chi connectivity index (χ1v) is 8.90. The van der Waals surface area contributed by atoms with Crippen LogP contribution in [0.1, 0.15) is 19.4 Å². The molecule has 0 aliphatic carbocycles. The molecule has 0 aromatic heterocycles. The zero-order chi connectivity index (χ0) is 19.2. The summed E-state index contributed by atoms with van der Waals surface area (Å²) in [7, 11) is 0. The van der Waals surface area contributed by atoms with Gasteiger partial charge in [0, 0.05) is 0 Å². The van der Waals surface area contributed by atoms with E-state index >= 15 is 0 Å². The molecule has 0 aliphatic heterocycles. The van der Waals surface area contributed by atoms with E-state index in [2.05, 4.69) is 0 Å². The summed E-state index contributed by atoms with van der Waals surface area (Å²) in [6.45, 7) is 4.77. The summed E-state index contributed by atoms with van der Waals surface area (Å²) in [6.07, 6.45) is -2.27. The second-order valence-electron chi connectivity index (χ2n) is 6.42. The molecule has 3 N–H and O–H groups in total. The maximum absolute atomic E-state index is 9.78. The van der Waals surface area contributed by atoms with Gasteiger partial charge >= 0.3 is 0 Å². The van der Waals surface area contributed by atoms with Gasteiger partial charge in [-0.3, -0.25) is 0 Å². The second kappa shape index (κ2) is 14.1. The summed E-state index contributed by atoms with van der Waals surface area (Å²) in [5.74, 6) is 0. The van der Waals surface area contributed by atoms with E-state index in [-0.39, 0.29) is 45.7 Å². The highest BCUT2D eigenvalue weighted by Gasteiger charge is 2.11. The fraction of sp³-hybridized carbons (Fsp3) is 0.684. The van der Waals surface area contributed by atoms with Crippen LogP contribution >= 0.6 is 0 Å². The Morgan fingerprint density at radius 2 is 1.15 bits per heavy atom. The molecule has 1 rings (SSSR count). The van der Waals surface area contributed by atoms with Crippen LogP contribution in [0.25, 0.3) is 0 Å². The Morgan fingerprint density at radius 1 is 0.692 bits per heavy atom. The van der Waals surface area contributed by atoms with Gasteiger partial charge in [0.05, 0.1) is 52.4 Å². The molecule has 0 amide bonds. The number of aliphatic hydroxyl groups excluding tert-OH is 3. The first-order chi connectivity index (χ1) is 12.5. The predicted molar refractivity (Wildman–Crippen MR) is 96.8 cm³/mol. The summed E-state index contributed by atoms with van der Waals surface area (Å²) >= 11 is 0. The highest BCUT2D eigenvalue weighted by Crippen LogP contribution is 2.01. The quantitative estimate of drug-likeness (QED) is 0.418. The van der Waals surface area contributed by atoms with Crippen LogP contribution in [0.15, 0.2) is 30.3 Å². The highest BCUT2D eigenvalue weighted by atomic mass is 16.5. The number of hydrogen-bond acceptors (Lipinski definition) is 7. The van der Waals surface area contributed by atoms with Crippen molar-refractivity contribution in [2.45, 2.75) is 44.9 Å². The van der Waals surface area contributed by atoms with E-state index in [0.29, 0.717) is 6.61 Å². The predicted octanol–water partition coefficient (Wildman–Crippen LogP) is 0.744. The Labute approximate surface area is 155 Å². The summed E-state index contributed by atoms with van der Waals surface area (Å²) in [4.78, 5) is 0. The molecule has 0 saturated carbocycles. The topological polar surface area (TPSA) is 97.6 Å². The van der Waals surface area contributed by atoms with Crippen molar-refractivity contribution >= 4 is 0 Å². The van der Waals surface area contributed by atoms with E-state index in [0.717, 1.165) is 5.56 Å². The molecule has 26 heavy (non-hydrogen) atoms. The molecule has 0 radical (unpaired) electrons. The largest absolute Gasteiger partial charge is 0.388 e. The van der Waals surface area contributed by atoms with Crippen LogP contribution in [0.2, 0.25) is 0 Å². The van der Waals surface area contributed by atoms with Gasteiger partial charge in [0.15, 0.2) is 0 Å². The molecule has 150 valence electrons. The molecule has 0 bridgehead atoms. The smallest absolute Gasteiger partial charge is 0.101 e. The van der Waals surface area contributed by atoms with Crippen molar-refractivity contribution in [2.75, 3.05) is 39.6 Å². The highest BCUT2D eigenvalue weighted by molar-refractivity contribution is 5.13. The molecule has 1 aromatic carbocycles. The van der Waals surface area contributed by atoms with Crippen LogP contribution in [0.3, 0.4) is 0 Å². The number of rotatable bonds is 15. The lowest BCUT2D eigenvalue weighted by molar-refractivity contribution is -0.0756. The minimum absolute atomic E-state index is 0.0360. The molecule has 7 heteroatoms. The third-order valence-electron chi connectivity index (χ3n) is 3.28. The van der Waals surface area contributed by atoms with E-state index in [9.17, 15) is 15.3 Å². The summed E-state index contributed by atoms with van der Waals surface area (Å²) in [5.41, 5.74) is 1.04. The Hall–Kier alpha value is -1.06. The van der Waals surface area contributed by atoms with Gasteiger partial charge in [0.25, 0.3) is 0 Å². The zero-order valence-corrected chi connectivity index (χ0v) is 15.6. The molecule has 0 spiro atoms. The molecule has 1 aromatic rings.